The number of carbonyl (C=O) groups is 1. The molecule has 2 aromatic heterocycles. The first-order valence-corrected chi connectivity index (χ1v) is 12.3. The van der Waals surface area contributed by atoms with Gasteiger partial charge in [-0.15, -0.1) is 0 Å². The number of pyridine rings is 1. The van der Waals surface area contributed by atoms with Crippen LogP contribution in [0.5, 0.6) is 0 Å². The molecule has 0 saturated carbocycles. The molecule has 4 aromatic rings. The Balaban J connectivity index is 1.61. The van der Waals surface area contributed by atoms with E-state index in [0.717, 1.165) is 5.56 Å². The molecule has 7 nitrogen and oxygen atoms in total. The van der Waals surface area contributed by atoms with Gasteiger partial charge in [-0.05, 0) is 61.9 Å². The van der Waals surface area contributed by atoms with Gasteiger partial charge in [0.15, 0.2) is 0 Å². The molecule has 2 atom stereocenters. The van der Waals surface area contributed by atoms with Crippen LogP contribution in [0.2, 0.25) is 5.02 Å². The fourth-order valence-corrected chi connectivity index (χ4v) is 4.01. The van der Waals surface area contributed by atoms with Gasteiger partial charge >= 0.3 is 0 Å². The predicted octanol–water partition coefficient (Wildman–Crippen LogP) is 5.06. The second kappa shape index (κ2) is 12.1. The largest absolute Gasteiger partial charge is 0.389 e. The lowest BCUT2D eigenvalue weighted by molar-refractivity contribution is -0.00922. The molecule has 0 radical (unpaired) electrons. The minimum atomic E-state index is -1.01. The van der Waals surface area contributed by atoms with Crippen LogP contribution >= 0.6 is 11.6 Å². The molecule has 2 heterocycles. The van der Waals surface area contributed by atoms with Crippen molar-refractivity contribution in [2.75, 3.05) is 6.61 Å². The maximum Gasteiger partial charge on any atom is 0.252 e. The van der Waals surface area contributed by atoms with E-state index in [4.69, 9.17) is 16.3 Å². The van der Waals surface area contributed by atoms with Gasteiger partial charge in [-0.2, -0.15) is 5.10 Å². The van der Waals surface area contributed by atoms with Crippen molar-refractivity contribution < 1.29 is 19.0 Å². The second-order valence-corrected chi connectivity index (χ2v) is 9.33. The molecular weight excluding hydrogens is 495 g/mol. The lowest BCUT2D eigenvalue weighted by atomic mass is 10.00. The van der Waals surface area contributed by atoms with E-state index in [9.17, 15) is 9.90 Å². The molecule has 192 valence electrons. The molecule has 0 spiro atoms. The molecule has 1 amide bonds. The van der Waals surface area contributed by atoms with Crippen molar-refractivity contribution >= 4 is 17.5 Å². The lowest BCUT2D eigenvalue weighted by Gasteiger charge is -2.25. The van der Waals surface area contributed by atoms with E-state index in [1.165, 1.54) is 18.2 Å². The number of ether oxygens (including phenoxy) is 1. The summed E-state index contributed by atoms with van der Waals surface area (Å²) in [7, 11) is 0. The number of aliphatic hydroxyl groups excluding tert-OH is 1. The van der Waals surface area contributed by atoms with E-state index in [2.05, 4.69) is 20.5 Å². The van der Waals surface area contributed by atoms with E-state index in [1.54, 1.807) is 30.5 Å². The molecule has 9 heteroatoms. The van der Waals surface area contributed by atoms with Crippen LogP contribution in [0.3, 0.4) is 0 Å². The fourth-order valence-electron chi connectivity index (χ4n) is 3.88. The van der Waals surface area contributed by atoms with Crippen LogP contribution in [0.25, 0.3) is 22.5 Å². The number of nitrogens with one attached hydrogen (secondary N) is 2. The van der Waals surface area contributed by atoms with Crippen molar-refractivity contribution in [2.24, 2.45) is 0 Å². The van der Waals surface area contributed by atoms with Gasteiger partial charge in [-0.3, -0.25) is 14.9 Å². The normalized spacial score (nSPS) is 12.9. The van der Waals surface area contributed by atoms with Crippen LogP contribution in [0.4, 0.5) is 4.39 Å². The van der Waals surface area contributed by atoms with Crippen molar-refractivity contribution in [2.45, 2.75) is 38.5 Å². The van der Waals surface area contributed by atoms with Crippen LogP contribution in [-0.2, 0) is 11.2 Å². The quantitative estimate of drug-likeness (QED) is 0.270. The smallest absolute Gasteiger partial charge is 0.252 e. The van der Waals surface area contributed by atoms with E-state index >= 15 is 4.39 Å². The molecule has 0 unspecified atom stereocenters. The Morgan fingerprint density at radius 1 is 1.14 bits per heavy atom. The highest BCUT2D eigenvalue weighted by molar-refractivity contribution is 6.30. The summed E-state index contributed by atoms with van der Waals surface area (Å²) in [5.74, 6) is -1.14. The number of aromatic nitrogens is 3. The SMILES string of the molecule is CC(C)OC[C@@H](O)[C@@H](Cc1ccccn1)NC(=O)c1cccc(F)c1-c1cc(-c2ccc(Cl)cc2)[nH]n1. The number of hydrogen-bond acceptors (Lipinski definition) is 5. The van der Waals surface area contributed by atoms with Crippen LogP contribution in [0.1, 0.15) is 29.9 Å². The number of carbonyl (C=O) groups excluding carboxylic acids is 1. The first-order chi connectivity index (χ1) is 17.8. The third kappa shape index (κ3) is 6.80. The number of halogens is 2. The number of aromatic amines is 1. The van der Waals surface area contributed by atoms with E-state index in [0.29, 0.717) is 16.4 Å². The zero-order valence-corrected chi connectivity index (χ0v) is 21.2. The van der Waals surface area contributed by atoms with Crippen molar-refractivity contribution in [3.8, 4) is 22.5 Å². The molecule has 0 aliphatic heterocycles. The second-order valence-electron chi connectivity index (χ2n) is 8.89. The topological polar surface area (TPSA) is 100 Å². The first kappa shape index (κ1) is 26.5. The summed E-state index contributed by atoms with van der Waals surface area (Å²) in [6.45, 7) is 3.75. The van der Waals surface area contributed by atoms with E-state index in [1.807, 2.05) is 38.1 Å². The van der Waals surface area contributed by atoms with Gasteiger partial charge in [0, 0.05) is 23.3 Å². The average Bonchev–Trinajstić information content (AvgIpc) is 3.37. The molecule has 0 bridgehead atoms. The molecule has 37 heavy (non-hydrogen) atoms. The highest BCUT2D eigenvalue weighted by Crippen LogP contribution is 2.29. The number of rotatable bonds is 10. The minimum absolute atomic E-state index is 0.0231. The maximum atomic E-state index is 15.1. The lowest BCUT2D eigenvalue weighted by Crippen LogP contribution is -2.47. The summed E-state index contributed by atoms with van der Waals surface area (Å²) >= 11 is 5.98. The highest BCUT2D eigenvalue weighted by atomic mass is 35.5. The summed E-state index contributed by atoms with van der Waals surface area (Å²) < 4.78 is 20.7. The van der Waals surface area contributed by atoms with Crippen molar-refractivity contribution in [3.05, 3.63) is 95.0 Å². The third-order valence-corrected chi connectivity index (χ3v) is 6.04. The van der Waals surface area contributed by atoms with E-state index < -0.39 is 23.9 Å². The molecule has 4 rings (SSSR count). The van der Waals surface area contributed by atoms with Crippen LogP contribution in [0, 0.1) is 5.82 Å². The summed E-state index contributed by atoms with van der Waals surface area (Å²) in [6, 6.07) is 17.8. The van der Waals surface area contributed by atoms with Gasteiger partial charge in [0.1, 0.15) is 5.82 Å². The average molecular weight is 523 g/mol. The number of nitrogens with zero attached hydrogens (tertiary/aromatic N) is 2. The standard InChI is InChI=1S/C28H28ClFN4O3/c1-17(2)37-16-26(35)24(14-20-6-3-4-13-31-20)32-28(36)21-7-5-8-22(30)27(21)25-15-23(33-34-25)18-9-11-19(29)12-10-18/h3-13,15,17,24,26,35H,14,16H2,1-2H3,(H,32,36)(H,33,34)/t24-,26-/m1/s1. The third-order valence-electron chi connectivity index (χ3n) is 5.78. The molecule has 0 fully saturated rings. The Bertz CT molecular complexity index is 1330. The molecule has 0 aliphatic carbocycles. The van der Waals surface area contributed by atoms with Crippen molar-refractivity contribution in [1.82, 2.24) is 20.5 Å². The zero-order chi connectivity index (χ0) is 26.4. The van der Waals surface area contributed by atoms with Crippen molar-refractivity contribution in [3.63, 3.8) is 0 Å². The Morgan fingerprint density at radius 3 is 2.62 bits per heavy atom. The zero-order valence-electron chi connectivity index (χ0n) is 20.5. The number of H-pyrrole nitrogens is 1. The van der Waals surface area contributed by atoms with Crippen LogP contribution in [0.15, 0.2) is 72.9 Å². The molecule has 2 aromatic carbocycles. The minimum Gasteiger partial charge on any atom is -0.389 e. The summed E-state index contributed by atoms with van der Waals surface area (Å²) in [4.78, 5) is 17.8. The van der Waals surface area contributed by atoms with Gasteiger partial charge in [0.05, 0.1) is 47.4 Å². The summed E-state index contributed by atoms with van der Waals surface area (Å²) in [6.07, 6.45) is 0.812. The summed E-state index contributed by atoms with van der Waals surface area (Å²) in [5.41, 5.74) is 2.58. The van der Waals surface area contributed by atoms with Gasteiger partial charge in [0.2, 0.25) is 0 Å². The van der Waals surface area contributed by atoms with Gasteiger partial charge in [0.25, 0.3) is 5.91 Å². The molecular formula is C28H28ClFN4O3. The number of amides is 1. The highest BCUT2D eigenvalue weighted by Gasteiger charge is 2.26. The number of aliphatic hydroxyl groups is 1. The first-order valence-electron chi connectivity index (χ1n) is 11.9. The van der Waals surface area contributed by atoms with Crippen molar-refractivity contribution in [1.29, 1.82) is 0 Å². The Hall–Kier alpha value is -3.59. The van der Waals surface area contributed by atoms with Gasteiger partial charge in [-0.25, -0.2) is 4.39 Å². The molecule has 3 N–H and O–H groups in total. The number of hydrogen-bond donors (Lipinski definition) is 3. The molecule has 0 saturated heterocycles. The van der Waals surface area contributed by atoms with Crippen LogP contribution in [-0.4, -0.2) is 51.1 Å². The van der Waals surface area contributed by atoms with Crippen LogP contribution < -0.4 is 5.32 Å². The Kier molecular flexibility index (Phi) is 8.66. The Morgan fingerprint density at radius 2 is 1.92 bits per heavy atom. The van der Waals surface area contributed by atoms with E-state index in [-0.39, 0.29) is 36.0 Å². The molecule has 0 aliphatic rings. The van der Waals surface area contributed by atoms with Gasteiger partial charge < -0.3 is 15.2 Å². The maximum absolute atomic E-state index is 15.1. The van der Waals surface area contributed by atoms with Gasteiger partial charge in [-0.1, -0.05) is 35.9 Å². The predicted molar refractivity (Wildman–Crippen MR) is 141 cm³/mol. The summed E-state index contributed by atoms with van der Waals surface area (Å²) in [5, 5.41) is 21.4. The number of benzene rings is 2. The monoisotopic (exact) mass is 522 g/mol. The fraction of sp³-hybridized carbons (Fsp3) is 0.250. The Labute approximate surface area is 219 Å².